The first-order chi connectivity index (χ1) is 4.63. The van der Waals surface area contributed by atoms with E-state index in [1.54, 1.807) is 6.92 Å². The lowest BCUT2D eigenvalue weighted by Crippen LogP contribution is -1.97. The summed E-state index contributed by atoms with van der Waals surface area (Å²) in [5, 5.41) is 0. The molecule has 0 aromatic carbocycles. The number of nitrogen functional groups attached to an aromatic ring is 1. The summed E-state index contributed by atoms with van der Waals surface area (Å²) in [6.07, 6.45) is 1.46. The molecule has 1 rings (SSSR count). The van der Waals surface area contributed by atoms with Crippen molar-refractivity contribution in [1.82, 2.24) is 4.98 Å². The Hall–Kier alpha value is -0.390. The van der Waals surface area contributed by atoms with Crippen molar-refractivity contribution in [3.63, 3.8) is 0 Å². The highest BCUT2D eigenvalue weighted by Gasteiger charge is 2.05. The van der Waals surface area contributed by atoms with Crippen LogP contribution in [-0.2, 0) is 0 Å². The second-order valence-corrected chi connectivity index (χ2v) is 3.01. The summed E-state index contributed by atoms with van der Waals surface area (Å²) in [4.78, 5) is 3.73. The topological polar surface area (TPSA) is 38.9 Å². The van der Waals surface area contributed by atoms with Gasteiger partial charge in [-0.2, -0.15) is 0 Å². The number of aryl methyl sites for hydroxylation is 1. The molecule has 0 radical (unpaired) electrons. The van der Waals surface area contributed by atoms with Crippen LogP contribution in [0.2, 0.25) is 0 Å². The quantitative estimate of drug-likeness (QED) is 0.714. The molecule has 1 aromatic heterocycles. The van der Waals surface area contributed by atoms with Gasteiger partial charge in [0.1, 0.15) is 0 Å². The smallest absolute Gasteiger partial charge is 0.159 e. The Balaban J connectivity index is 3.34. The molecule has 0 aliphatic rings. The highest BCUT2D eigenvalue weighted by molar-refractivity contribution is 14.1. The van der Waals surface area contributed by atoms with Gasteiger partial charge >= 0.3 is 0 Å². The lowest BCUT2D eigenvalue weighted by atomic mass is 10.3. The molecule has 0 saturated heterocycles. The summed E-state index contributed by atoms with van der Waals surface area (Å²) in [6.45, 7) is 1.61. The molecule has 4 heteroatoms. The summed E-state index contributed by atoms with van der Waals surface area (Å²) in [7, 11) is 0. The summed E-state index contributed by atoms with van der Waals surface area (Å²) in [5.74, 6) is -0.319. The van der Waals surface area contributed by atoms with Gasteiger partial charge in [0.05, 0.1) is 21.1 Å². The molecule has 0 aliphatic heterocycles. The van der Waals surface area contributed by atoms with Crippen LogP contribution in [0.4, 0.5) is 10.1 Å². The average Bonchev–Trinajstić information content (AvgIpc) is 1.93. The SMILES string of the molecule is Cc1ncc(N)c(I)c1F. The van der Waals surface area contributed by atoms with Crippen LogP contribution in [0.15, 0.2) is 6.20 Å². The number of rotatable bonds is 0. The van der Waals surface area contributed by atoms with E-state index in [2.05, 4.69) is 4.98 Å². The van der Waals surface area contributed by atoms with Crippen molar-refractivity contribution in [2.45, 2.75) is 6.92 Å². The normalized spacial score (nSPS) is 9.90. The van der Waals surface area contributed by atoms with Gasteiger partial charge in [0.25, 0.3) is 0 Å². The fraction of sp³-hybridized carbons (Fsp3) is 0.167. The number of halogens is 2. The van der Waals surface area contributed by atoms with Gasteiger partial charge in [-0.3, -0.25) is 4.98 Å². The molecule has 10 heavy (non-hydrogen) atoms. The van der Waals surface area contributed by atoms with Crippen LogP contribution in [0.5, 0.6) is 0 Å². The molecule has 1 heterocycles. The van der Waals surface area contributed by atoms with E-state index in [0.717, 1.165) is 0 Å². The monoisotopic (exact) mass is 252 g/mol. The molecule has 0 fully saturated rings. The number of nitrogens with two attached hydrogens (primary N) is 1. The lowest BCUT2D eigenvalue weighted by Gasteiger charge is -1.99. The lowest BCUT2D eigenvalue weighted by molar-refractivity contribution is 0.603. The first-order valence-electron chi connectivity index (χ1n) is 2.69. The van der Waals surface area contributed by atoms with Gasteiger partial charge in [-0.1, -0.05) is 0 Å². The van der Waals surface area contributed by atoms with Crippen LogP contribution in [0, 0.1) is 16.3 Å². The average molecular weight is 252 g/mol. The Labute approximate surface area is 71.8 Å². The van der Waals surface area contributed by atoms with Crippen molar-refractivity contribution in [2.75, 3.05) is 5.73 Å². The zero-order valence-electron chi connectivity index (χ0n) is 5.36. The number of nitrogens with zero attached hydrogens (tertiary/aromatic N) is 1. The number of hydrogen-bond donors (Lipinski definition) is 1. The van der Waals surface area contributed by atoms with Crippen LogP contribution < -0.4 is 5.73 Å². The molecule has 0 amide bonds. The summed E-state index contributed by atoms with van der Waals surface area (Å²) in [6, 6.07) is 0. The van der Waals surface area contributed by atoms with E-state index in [9.17, 15) is 4.39 Å². The first-order valence-corrected chi connectivity index (χ1v) is 3.77. The molecule has 0 bridgehead atoms. The Kier molecular flexibility index (Phi) is 2.08. The molecule has 0 saturated carbocycles. The maximum absolute atomic E-state index is 12.8. The second-order valence-electron chi connectivity index (χ2n) is 1.93. The number of pyridine rings is 1. The molecular weight excluding hydrogens is 246 g/mol. The fourth-order valence-electron chi connectivity index (χ4n) is 0.565. The minimum Gasteiger partial charge on any atom is -0.397 e. The molecule has 2 nitrogen and oxygen atoms in total. The molecule has 0 unspecified atom stereocenters. The molecule has 1 aromatic rings. The van der Waals surface area contributed by atoms with Gasteiger partial charge in [0.2, 0.25) is 0 Å². The first kappa shape index (κ1) is 7.71. The van der Waals surface area contributed by atoms with Crippen molar-refractivity contribution in [2.24, 2.45) is 0 Å². The van der Waals surface area contributed by atoms with Crippen LogP contribution in [0.3, 0.4) is 0 Å². The van der Waals surface area contributed by atoms with E-state index >= 15 is 0 Å². The van der Waals surface area contributed by atoms with Gasteiger partial charge in [-0.15, -0.1) is 0 Å². The van der Waals surface area contributed by atoms with Gasteiger partial charge in [-0.25, -0.2) is 4.39 Å². The minimum atomic E-state index is -0.319. The van der Waals surface area contributed by atoms with Gasteiger partial charge < -0.3 is 5.73 Å². The summed E-state index contributed by atoms with van der Waals surface area (Å²) < 4.78 is 13.3. The van der Waals surface area contributed by atoms with Crippen molar-refractivity contribution < 1.29 is 4.39 Å². The summed E-state index contributed by atoms with van der Waals surface area (Å²) >= 11 is 1.85. The second kappa shape index (κ2) is 2.69. The van der Waals surface area contributed by atoms with E-state index < -0.39 is 0 Å². The standard InChI is InChI=1S/C6H6FIN2/c1-3-5(7)6(8)4(9)2-10-3/h2H,9H2,1H3. The van der Waals surface area contributed by atoms with E-state index in [-0.39, 0.29) is 5.82 Å². The van der Waals surface area contributed by atoms with Crippen molar-refractivity contribution in [3.8, 4) is 0 Å². The molecular formula is C6H6FIN2. The number of hydrogen-bond acceptors (Lipinski definition) is 2. The van der Waals surface area contributed by atoms with E-state index in [1.165, 1.54) is 6.20 Å². The summed E-state index contributed by atoms with van der Waals surface area (Å²) in [5.41, 5.74) is 6.16. The fourth-order valence-corrected chi connectivity index (χ4v) is 1.09. The van der Waals surface area contributed by atoms with Crippen LogP contribution >= 0.6 is 22.6 Å². The zero-order chi connectivity index (χ0) is 7.72. The third kappa shape index (κ3) is 1.21. The van der Waals surface area contributed by atoms with E-state index in [1.807, 2.05) is 22.6 Å². The third-order valence-electron chi connectivity index (χ3n) is 1.16. The van der Waals surface area contributed by atoms with Crippen LogP contribution in [-0.4, -0.2) is 4.98 Å². The van der Waals surface area contributed by atoms with Gasteiger partial charge in [-0.05, 0) is 29.5 Å². The highest BCUT2D eigenvalue weighted by Crippen LogP contribution is 2.18. The van der Waals surface area contributed by atoms with Crippen molar-refractivity contribution >= 4 is 28.3 Å². The largest absolute Gasteiger partial charge is 0.397 e. The Morgan fingerprint density at radius 2 is 2.30 bits per heavy atom. The van der Waals surface area contributed by atoms with E-state index in [0.29, 0.717) is 15.0 Å². The van der Waals surface area contributed by atoms with Gasteiger partial charge in [0, 0.05) is 0 Å². The van der Waals surface area contributed by atoms with E-state index in [4.69, 9.17) is 5.73 Å². The predicted molar refractivity (Wildman–Crippen MR) is 46.1 cm³/mol. The Morgan fingerprint density at radius 3 is 2.80 bits per heavy atom. The number of aromatic nitrogens is 1. The molecule has 0 atom stereocenters. The van der Waals surface area contributed by atoms with Crippen molar-refractivity contribution in [3.05, 3.63) is 21.3 Å². The zero-order valence-corrected chi connectivity index (χ0v) is 7.52. The Bertz CT molecular complexity index is 235. The Morgan fingerprint density at radius 1 is 1.70 bits per heavy atom. The minimum absolute atomic E-state index is 0.319. The molecule has 54 valence electrons. The molecule has 0 spiro atoms. The number of anilines is 1. The van der Waals surface area contributed by atoms with Crippen molar-refractivity contribution in [1.29, 1.82) is 0 Å². The van der Waals surface area contributed by atoms with Crippen LogP contribution in [0.1, 0.15) is 5.69 Å². The van der Waals surface area contributed by atoms with Crippen LogP contribution in [0.25, 0.3) is 0 Å². The third-order valence-corrected chi connectivity index (χ3v) is 2.26. The maximum Gasteiger partial charge on any atom is 0.159 e. The highest BCUT2D eigenvalue weighted by atomic mass is 127. The van der Waals surface area contributed by atoms with Gasteiger partial charge in [0.15, 0.2) is 5.82 Å². The predicted octanol–water partition coefficient (Wildman–Crippen LogP) is 1.72. The molecule has 0 aliphatic carbocycles. The molecule has 2 N–H and O–H groups in total. The maximum atomic E-state index is 12.8.